The first-order valence-electron chi connectivity index (χ1n) is 8.07. The molecule has 1 aliphatic rings. The number of halogens is 1. The summed E-state index contributed by atoms with van der Waals surface area (Å²) in [4.78, 5) is 4.38. The number of rotatable bonds is 5. The van der Waals surface area contributed by atoms with E-state index in [0.717, 1.165) is 0 Å². The second-order valence-electron chi connectivity index (χ2n) is 6.50. The van der Waals surface area contributed by atoms with Crippen LogP contribution in [0.5, 0.6) is 0 Å². The number of imidazole rings is 1. The molecule has 0 radical (unpaired) electrons. The van der Waals surface area contributed by atoms with Gasteiger partial charge < -0.3 is 9.30 Å². The van der Waals surface area contributed by atoms with Crippen molar-refractivity contribution in [1.82, 2.24) is 13.9 Å². The van der Waals surface area contributed by atoms with Gasteiger partial charge in [0.25, 0.3) is 0 Å². The number of hydrogen-bond acceptors (Lipinski definition) is 4. The predicted molar refractivity (Wildman–Crippen MR) is 93.2 cm³/mol. The third-order valence-corrected chi connectivity index (χ3v) is 6.64. The number of ether oxygens (including phenoxy) is 1. The minimum atomic E-state index is -3.34. The summed E-state index contributed by atoms with van der Waals surface area (Å²) in [5, 5.41) is 0. The zero-order valence-corrected chi connectivity index (χ0v) is 15.3. The first-order valence-corrected chi connectivity index (χ1v) is 9.68. The quantitative estimate of drug-likeness (QED) is 0.812. The normalized spacial score (nSPS) is 21.2. The summed E-state index contributed by atoms with van der Waals surface area (Å²) >= 11 is 0. The van der Waals surface area contributed by atoms with E-state index in [-0.39, 0.29) is 23.5 Å². The van der Waals surface area contributed by atoms with Gasteiger partial charge in [0, 0.05) is 38.0 Å². The lowest BCUT2D eigenvalue weighted by Gasteiger charge is -2.23. The number of benzene rings is 1. The van der Waals surface area contributed by atoms with Gasteiger partial charge in [-0.1, -0.05) is 12.1 Å². The van der Waals surface area contributed by atoms with Crippen LogP contribution in [0.15, 0.2) is 30.6 Å². The highest BCUT2D eigenvalue weighted by Gasteiger charge is 2.35. The zero-order chi connectivity index (χ0) is 18.2. The molecule has 1 fully saturated rings. The van der Waals surface area contributed by atoms with E-state index in [0.29, 0.717) is 30.2 Å². The first kappa shape index (κ1) is 18.0. The maximum absolute atomic E-state index is 13.9. The molecule has 0 bridgehead atoms. The molecule has 1 saturated heterocycles. The molecule has 25 heavy (non-hydrogen) atoms. The van der Waals surface area contributed by atoms with E-state index in [4.69, 9.17) is 4.74 Å². The molecule has 0 amide bonds. The lowest BCUT2D eigenvalue weighted by atomic mass is 10.0. The van der Waals surface area contributed by atoms with Gasteiger partial charge in [-0.05, 0) is 18.6 Å². The molecule has 2 heterocycles. The minimum Gasteiger partial charge on any atom is -0.379 e. The Kier molecular flexibility index (Phi) is 4.95. The third-order valence-electron chi connectivity index (χ3n) is 4.68. The highest BCUT2D eigenvalue weighted by atomic mass is 32.2. The van der Waals surface area contributed by atoms with E-state index in [1.165, 1.54) is 24.5 Å². The minimum absolute atomic E-state index is 0.00438. The molecule has 2 aromatic rings. The molecule has 136 valence electrons. The molecule has 0 aliphatic carbocycles. The van der Waals surface area contributed by atoms with Gasteiger partial charge in [-0.15, -0.1) is 0 Å². The second-order valence-corrected chi connectivity index (χ2v) is 8.72. The largest absolute Gasteiger partial charge is 0.379 e. The lowest BCUT2D eigenvalue weighted by Crippen LogP contribution is -2.32. The Hall–Kier alpha value is -1.77. The Morgan fingerprint density at radius 3 is 2.84 bits per heavy atom. The van der Waals surface area contributed by atoms with Crippen molar-refractivity contribution in [1.29, 1.82) is 0 Å². The molecular formula is C17H22FN3O3S. The van der Waals surface area contributed by atoms with Crippen molar-refractivity contribution in [2.75, 3.05) is 33.1 Å². The van der Waals surface area contributed by atoms with Crippen molar-refractivity contribution >= 4 is 10.0 Å². The Morgan fingerprint density at radius 2 is 2.12 bits per heavy atom. The fourth-order valence-electron chi connectivity index (χ4n) is 3.11. The van der Waals surface area contributed by atoms with Gasteiger partial charge in [-0.3, -0.25) is 0 Å². The van der Waals surface area contributed by atoms with E-state index in [2.05, 4.69) is 4.98 Å². The van der Waals surface area contributed by atoms with Crippen molar-refractivity contribution in [3.05, 3.63) is 42.0 Å². The van der Waals surface area contributed by atoms with Crippen LogP contribution >= 0.6 is 0 Å². The van der Waals surface area contributed by atoms with Crippen LogP contribution < -0.4 is 0 Å². The molecule has 0 unspecified atom stereocenters. The molecule has 1 aromatic heterocycles. The van der Waals surface area contributed by atoms with Crippen molar-refractivity contribution in [3.8, 4) is 11.4 Å². The molecule has 6 nitrogen and oxygen atoms in total. The van der Waals surface area contributed by atoms with Crippen molar-refractivity contribution in [2.45, 2.75) is 13.0 Å². The summed E-state index contributed by atoms with van der Waals surface area (Å²) in [6, 6.07) is 4.72. The van der Waals surface area contributed by atoms with Crippen LogP contribution in [-0.4, -0.2) is 55.3 Å². The van der Waals surface area contributed by atoms with E-state index < -0.39 is 10.0 Å². The molecule has 1 aromatic carbocycles. The molecule has 8 heteroatoms. The predicted octanol–water partition coefficient (Wildman–Crippen LogP) is 2.08. The van der Waals surface area contributed by atoms with Crippen molar-refractivity contribution in [3.63, 3.8) is 0 Å². The van der Waals surface area contributed by atoms with E-state index in [1.54, 1.807) is 25.4 Å². The maximum Gasteiger partial charge on any atom is 0.214 e. The van der Waals surface area contributed by atoms with Crippen LogP contribution in [0.1, 0.15) is 11.6 Å². The average molecular weight is 367 g/mol. The van der Waals surface area contributed by atoms with Crippen LogP contribution in [0.3, 0.4) is 0 Å². The summed E-state index contributed by atoms with van der Waals surface area (Å²) in [6.07, 6.45) is 3.45. The topological polar surface area (TPSA) is 64.4 Å². The fourth-order valence-corrected chi connectivity index (χ4v) is 4.27. The molecular weight excluding hydrogens is 345 g/mol. The summed E-state index contributed by atoms with van der Waals surface area (Å²) in [6.45, 7) is 2.49. The summed E-state index contributed by atoms with van der Waals surface area (Å²) in [5.41, 5.74) is 1.22. The molecule has 3 rings (SSSR count). The van der Waals surface area contributed by atoms with Crippen LogP contribution in [-0.2, 0) is 14.8 Å². The van der Waals surface area contributed by atoms with Crippen LogP contribution in [0, 0.1) is 18.7 Å². The second kappa shape index (κ2) is 6.86. The number of aromatic nitrogens is 2. The van der Waals surface area contributed by atoms with Crippen LogP contribution in [0.4, 0.5) is 4.39 Å². The first-order chi connectivity index (χ1) is 11.8. The smallest absolute Gasteiger partial charge is 0.214 e. The van der Waals surface area contributed by atoms with Gasteiger partial charge in [0.15, 0.2) is 0 Å². The van der Waals surface area contributed by atoms with Gasteiger partial charge in [-0.25, -0.2) is 22.1 Å². The summed E-state index contributed by atoms with van der Waals surface area (Å²) in [5.74, 6) is 0.153. The standard InChI is InChI=1S/C17H22FN3O3S/c1-12-14(5-4-6-15(12)18)17-19-7-8-21(17)16-10-24-9-13(16)11-25(22,23)20(2)3/h4-8,13,16H,9-11H2,1-3H3/t13-,16-/m1/s1. The number of nitrogens with zero attached hydrogens (tertiary/aromatic N) is 3. The Balaban J connectivity index is 1.95. The maximum atomic E-state index is 13.9. The lowest BCUT2D eigenvalue weighted by molar-refractivity contribution is 0.182. The Bertz CT molecular complexity index is 864. The van der Waals surface area contributed by atoms with E-state index >= 15 is 0 Å². The molecule has 0 N–H and O–H groups in total. The summed E-state index contributed by atoms with van der Waals surface area (Å²) < 4.78 is 47.1. The fraction of sp³-hybridized carbons (Fsp3) is 0.471. The summed E-state index contributed by atoms with van der Waals surface area (Å²) in [7, 11) is -0.285. The molecule has 1 aliphatic heterocycles. The monoisotopic (exact) mass is 367 g/mol. The zero-order valence-electron chi connectivity index (χ0n) is 14.5. The van der Waals surface area contributed by atoms with Gasteiger partial charge >= 0.3 is 0 Å². The van der Waals surface area contributed by atoms with E-state index in [9.17, 15) is 12.8 Å². The van der Waals surface area contributed by atoms with E-state index in [1.807, 2.05) is 10.6 Å². The van der Waals surface area contributed by atoms with Crippen LogP contribution in [0.25, 0.3) is 11.4 Å². The van der Waals surface area contributed by atoms with Gasteiger partial charge in [0.05, 0.1) is 25.0 Å². The Morgan fingerprint density at radius 1 is 1.36 bits per heavy atom. The number of sulfonamides is 1. The Labute approximate surface area is 147 Å². The van der Waals surface area contributed by atoms with Gasteiger partial charge in [0.2, 0.25) is 10.0 Å². The average Bonchev–Trinajstić information content (AvgIpc) is 3.18. The molecule has 0 spiro atoms. The SMILES string of the molecule is Cc1c(F)cccc1-c1nccn1[C@@H]1COC[C@@H]1CS(=O)(=O)N(C)C. The van der Waals surface area contributed by atoms with Gasteiger partial charge in [-0.2, -0.15) is 0 Å². The van der Waals surface area contributed by atoms with Gasteiger partial charge in [0.1, 0.15) is 11.6 Å². The highest BCUT2D eigenvalue weighted by molar-refractivity contribution is 7.89. The highest BCUT2D eigenvalue weighted by Crippen LogP contribution is 2.33. The number of hydrogen-bond donors (Lipinski definition) is 0. The van der Waals surface area contributed by atoms with Crippen molar-refractivity contribution < 1.29 is 17.5 Å². The molecule has 0 saturated carbocycles. The van der Waals surface area contributed by atoms with Crippen LogP contribution in [0.2, 0.25) is 0 Å². The molecule has 2 atom stereocenters. The third kappa shape index (κ3) is 3.47. The van der Waals surface area contributed by atoms with Crippen molar-refractivity contribution in [2.24, 2.45) is 5.92 Å².